The van der Waals surface area contributed by atoms with Crippen molar-refractivity contribution in [3.63, 3.8) is 0 Å². The average Bonchev–Trinajstić information content (AvgIpc) is 2.76. The van der Waals surface area contributed by atoms with Crippen LogP contribution in [0.25, 0.3) is 0 Å². The molecule has 0 fully saturated rings. The number of benzene rings is 1. The van der Waals surface area contributed by atoms with Crippen molar-refractivity contribution in [3.8, 4) is 0 Å². The molecule has 0 radical (unpaired) electrons. The first-order chi connectivity index (χ1) is 8.99. The topological polar surface area (TPSA) is 55.1 Å². The highest BCUT2D eigenvalue weighted by molar-refractivity contribution is 7.10. The number of carbonyl (C=O) groups excluding carboxylic acids is 1. The molecule has 0 aliphatic heterocycles. The molecule has 0 saturated carbocycles. The van der Waals surface area contributed by atoms with E-state index in [-0.39, 0.29) is 5.56 Å². The van der Waals surface area contributed by atoms with Crippen LogP contribution in [0.1, 0.15) is 26.4 Å². The van der Waals surface area contributed by atoms with Gasteiger partial charge in [-0.1, -0.05) is 0 Å². The summed E-state index contributed by atoms with van der Waals surface area (Å²) in [5.74, 6) is -0.963. The van der Waals surface area contributed by atoms with Crippen LogP contribution in [0.2, 0.25) is 0 Å². The summed E-state index contributed by atoms with van der Waals surface area (Å²) in [4.78, 5) is 13.0. The van der Waals surface area contributed by atoms with Gasteiger partial charge in [-0.25, -0.2) is 4.39 Å². The number of aryl methyl sites for hydroxylation is 2. The number of thiophene rings is 1. The molecule has 1 amide bonds. The summed E-state index contributed by atoms with van der Waals surface area (Å²) >= 11 is 1.56. The Bertz CT molecular complexity index is 622. The fraction of sp³-hybridized carbons (Fsp3) is 0.214. The summed E-state index contributed by atoms with van der Waals surface area (Å²) in [5.41, 5.74) is 7.51. The second-order valence-corrected chi connectivity index (χ2v) is 5.41. The van der Waals surface area contributed by atoms with Gasteiger partial charge in [0, 0.05) is 10.6 Å². The van der Waals surface area contributed by atoms with Crippen LogP contribution in [-0.2, 0) is 6.54 Å². The van der Waals surface area contributed by atoms with Crippen molar-refractivity contribution in [2.45, 2.75) is 20.4 Å². The van der Waals surface area contributed by atoms with E-state index < -0.39 is 11.7 Å². The fourth-order valence-electron chi connectivity index (χ4n) is 1.80. The number of hydrogen-bond donors (Lipinski definition) is 2. The number of amides is 1. The quantitative estimate of drug-likeness (QED) is 0.848. The first-order valence-corrected chi connectivity index (χ1v) is 6.74. The van der Waals surface area contributed by atoms with Gasteiger partial charge in [0.15, 0.2) is 0 Å². The SMILES string of the molecule is Cc1ccsc1CNC(=O)c1cc(N)cc(C)c1F. The van der Waals surface area contributed by atoms with Crippen molar-refractivity contribution in [2.75, 3.05) is 5.73 Å². The van der Waals surface area contributed by atoms with Crippen LogP contribution in [0.4, 0.5) is 10.1 Å². The van der Waals surface area contributed by atoms with E-state index >= 15 is 0 Å². The van der Waals surface area contributed by atoms with Gasteiger partial charge in [-0.15, -0.1) is 11.3 Å². The lowest BCUT2D eigenvalue weighted by molar-refractivity contribution is 0.0947. The van der Waals surface area contributed by atoms with Gasteiger partial charge in [0.1, 0.15) is 5.82 Å². The van der Waals surface area contributed by atoms with Crippen molar-refractivity contribution in [1.29, 1.82) is 0 Å². The monoisotopic (exact) mass is 278 g/mol. The molecule has 2 rings (SSSR count). The Morgan fingerprint density at radius 3 is 2.74 bits per heavy atom. The predicted molar refractivity (Wildman–Crippen MR) is 75.8 cm³/mol. The average molecular weight is 278 g/mol. The number of nitrogens with two attached hydrogens (primary N) is 1. The minimum atomic E-state index is -0.519. The third-order valence-corrected chi connectivity index (χ3v) is 3.92. The van der Waals surface area contributed by atoms with Gasteiger partial charge in [0.2, 0.25) is 0 Å². The Balaban J connectivity index is 2.15. The summed E-state index contributed by atoms with van der Waals surface area (Å²) in [7, 11) is 0. The summed E-state index contributed by atoms with van der Waals surface area (Å²) in [6.07, 6.45) is 0. The lowest BCUT2D eigenvalue weighted by atomic mass is 10.1. The third kappa shape index (κ3) is 2.93. The van der Waals surface area contributed by atoms with E-state index in [4.69, 9.17) is 5.73 Å². The standard InChI is InChI=1S/C14H15FN2OS/c1-8-3-4-19-12(8)7-17-14(18)11-6-10(16)5-9(2)13(11)15/h3-6H,7,16H2,1-2H3,(H,17,18). The van der Waals surface area contributed by atoms with Gasteiger partial charge in [-0.05, 0) is 48.6 Å². The molecule has 0 aliphatic rings. The molecule has 3 N–H and O–H groups in total. The molecule has 2 aromatic rings. The second-order valence-electron chi connectivity index (χ2n) is 4.41. The molecule has 0 spiro atoms. The summed E-state index contributed by atoms with van der Waals surface area (Å²) in [6.45, 7) is 3.96. The van der Waals surface area contributed by atoms with Crippen LogP contribution < -0.4 is 11.1 Å². The van der Waals surface area contributed by atoms with Gasteiger partial charge in [-0.3, -0.25) is 4.79 Å². The minimum Gasteiger partial charge on any atom is -0.399 e. The van der Waals surface area contributed by atoms with E-state index in [1.807, 2.05) is 18.4 Å². The molecule has 1 aromatic heterocycles. The van der Waals surface area contributed by atoms with E-state index in [1.165, 1.54) is 12.1 Å². The second kappa shape index (κ2) is 5.40. The Morgan fingerprint density at radius 1 is 1.37 bits per heavy atom. The van der Waals surface area contributed by atoms with Crippen molar-refractivity contribution < 1.29 is 9.18 Å². The van der Waals surface area contributed by atoms with E-state index in [1.54, 1.807) is 18.3 Å². The van der Waals surface area contributed by atoms with Crippen LogP contribution in [0.5, 0.6) is 0 Å². The molecular weight excluding hydrogens is 263 g/mol. The Hall–Kier alpha value is -1.88. The third-order valence-electron chi connectivity index (χ3n) is 2.90. The van der Waals surface area contributed by atoms with Crippen molar-refractivity contribution in [3.05, 3.63) is 51.0 Å². The minimum absolute atomic E-state index is 0.00768. The Morgan fingerprint density at radius 2 is 2.11 bits per heavy atom. The van der Waals surface area contributed by atoms with Gasteiger partial charge < -0.3 is 11.1 Å². The smallest absolute Gasteiger partial charge is 0.254 e. The lowest BCUT2D eigenvalue weighted by Crippen LogP contribution is -2.24. The maximum Gasteiger partial charge on any atom is 0.254 e. The number of nitrogens with one attached hydrogen (secondary N) is 1. The van der Waals surface area contributed by atoms with E-state index in [0.29, 0.717) is 17.8 Å². The molecule has 0 unspecified atom stereocenters. The number of halogens is 1. The number of nitrogen functional groups attached to an aromatic ring is 1. The molecule has 100 valence electrons. The zero-order valence-corrected chi connectivity index (χ0v) is 11.6. The highest BCUT2D eigenvalue weighted by Gasteiger charge is 2.14. The molecule has 5 heteroatoms. The lowest BCUT2D eigenvalue weighted by Gasteiger charge is -2.08. The Kier molecular flexibility index (Phi) is 3.85. The van der Waals surface area contributed by atoms with Gasteiger partial charge >= 0.3 is 0 Å². The van der Waals surface area contributed by atoms with E-state index in [2.05, 4.69) is 5.32 Å². The van der Waals surface area contributed by atoms with Crippen LogP contribution in [0.3, 0.4) is 0 Å². The van der Waals surface area contributed by atoms with Crippen molar-refractivity contribution in [1.82, 2.24) is 5.32 Å². The maximum absolute atomic E-state index is 13.9. The molecule has 19 heavy (non-hydrogen) atoms. The van der Waals surface area contributed by atoms with Crippen molar-refractivity contribution >= 4 is 22.9 Å². The van der Waals surface area contributed by atoms with Gasteiger partial charge in [0.25, 0.3) is 5.91 Å². The summed E-state index contributed by atoms with van der Waals surface area (Å²) < 4.78 is 13.9. The molecule has 0 saturated heterocycles. The van der Waals surface area contributed by atoms with E-state index in [0.717, 1.165) is 10.4 Å². The van der Waals surface area contributed by atoms with Crippen LogP contribution in [-0.4, -0.2) is 5.91 Å². The highest BCUT2D eigenvalue weighted by Crippen LogP contribution is 2.18. The normalized spacial score (nSPS) is 10.5. The van der Waals surface area contributed by atoms with Crippen molar-refractivity contribution in [2.24, 2.45) is 0 Å². The van der Waals surface area contributed by atoms with Crippen LogP contribution in [0.15, 0.2) is 23.6 Å². The fourth-order valence-corrected chi connectivity index (χ4v) is 2.65. The number of hydrogen-bond acceptors (Lipinski definition) is 3. The molecular formula is C14H15FN2OS. The number of anilines is 1. The molecule has 0 aliphatic carbocycles. The predicted octanol–water partition coefficient (Wildman–Crippen LogP) is 3.02. The largest absolute Gasteiger partial charge is 0.399 e. The molecule has 1 heterocycles. The van der Waals surface area contributed by atoms with E-state index in [9.17, 15) is 9.18 Å². The molecule has 1 aromatic carbocycles. The summed E-state index contributed by atoms with van der Waals surface area (Å²) in [6, 6.07) is 4.85. The van der Waals surface area contributed by atoms with Gasteiger partial charge in [0.05, 0.1) is 12.1 Å². The highest BCUT2D eigenvalue weighted by atomic mass is 32.1. The zero-order valence-electron chi connectivity index (χ0n) is 10.8. The van der Waals surface area contributed by atoms with Crippen LogP contribution in [0, 0.1) is 19.7 Å². The number of carbonyl (C=O) groups is 1. The van der Waals surface area contributed by atoms with Crippen LogP contribution >= 0.6 is 11.3 Å². The summed E-state index contributed by atoms with van der Waals surface area (Å²) in [5, 5.41) is 4.67. The zero-order chi connectivity index (χ0) is 14.0. The maximum atomic E-state index is 13.9. The van der Waals surface area contributed by atoms with Gasteiger partial charge in [-0.2, -0.15) is 0 Å². The molecule has 3 nitrogen and oxygen atoms in total. The first-order valence-electron chi connectivity index (χ1n) is 5.86. The first kappa shape index (κ1) is 13.5. The number of rotatable bonds is 3. The molecule has 0 bridgehead atoms. The Labute approximate surface area is 115 Å². The molecule has 0 atom stereocenters.